The maximum atomic E-state index is 13.1. The van der Waals surface area contributed by atoms with E-state index < -0.39 is 12.1 Å². The van der Waals surface area contributed by atoms with E-state index in [0.717, 1.165) is 27.7 Å². The fraction of sp³-hybridized carbons (Fsp3) is 0.304. The van der Waals surface area contributed by atoms with Gasteiger partial charge in [-0.05, 0) is 29.3 Å². The van der Waals surface area contributed by atoms with Crippen LogP contribution in [0.1, 0.15) is 22.9 Å². The van der Waals surface area contributed by atoms with Gasteiger partial charge in [0.25, 0.3) is 0 Å². The van der Waals surface area contributed by atoms with Crippen LogP contribution in [-0.4, -0.2) is 60.5 Å². The van der Waals surface area contributed by atoms with Gasteiger partial charge in [-0.15, -0.1) is 0 Å². The summed E-state index contributed by atoms with van der Waals surface area (Å²) in [5.74, 6) is 1.11. The highest BCUT2D eigenvalue weighted by Gasteiger charge is 2.47. The molecule has 2 aliphatic heterocycles. The van der Waals surface area contributed by atoms with Crippen molar-refractivity contribution in [3.63, 3.8) is 0 Å². The number of fused-ring (bicyclic) bond motifs is 4. The van der Waals surface area contributed by atoms with Crippen molar-refractivity contribution in [3.8, 4) is 11.5 Å². The number of nitrogens with one attached hydrogen (secondary N) is 1. The molecular weight excluding hydrogens is 382 g/mol. The third-order valence-corrected chi connectivity index (χ3v) is 6.18. The van der Waals surface area contributed by atoms with Gasteiger partial charge in [-0.1, -0.05) is 24.3 Å². The van der Waals surface area contributed by atoms with E-state index in [1.165, 1.54) is 4.90 Å². The first kappa shape index (κ1) is 18.5. The van der Waals surface area contributed by atoms with Gasteiger partial charge < -0.3 is 24.3 Å². The number of benzene rings is 2. The summed E-state index contributed by atoms with van der Waals surface area (Å²) in [4.78, 5) is 33.0. The van der Waals surface area contributed by atoms with Crippen LogP contribution in [0, 0.1) is 0 Å². The van der Waals surface area contributed by atoms with Crippen LogP contribution in [-0.2, 0) is 16.0 Å². The Bertz CT molecular complexity index is 1170. The molecule has 2 atom stereocenters. The highest BCUT2D eigenvalue weighted by molar-refractivity contribution is 5.97. The minimum absolute atomic E-state index is 0.0315. The summed E-state index contributed by atoms with van der Waals surface area (Å²) in [6.45, 7) is 0.0781. The molecule has 1 fully saturated rings. The molecule has 0 radical (unpaired) electrons. The van der Waals surface area contributed by atoms with Crippen LogP contribution in [0.15, 0.2) is 42.5 Å². The Hall–Kier alpha value is -3.48. The quantitative estimate of drug-likeness (QED) is 0.727. The van der Waals surface area contributed by atoms with E-state index in [1.807, 2.05) is 36.4 Å². The summed E-state index contributed by atoms with van der Waals surface area (Å²) in [6, 6.07) is 12.8. The second-order valence-corrected chi connectivity index (χ2v) is 7.80. The van der Waals surface area contributed by atoms with Crippen molar-refractivity contribution in [1.82, 2.24) is 14.8 Å². The molecule has 3 aromatic rings. The lowest BCUT2D eigenvalue weighted by atomic mass is 9.86. The molecule has 0 bridgehead atoms. The molecule has 2 aliphatic rings. The normalized spacial score (nSPS) is 20.9. The number of para-hydroxylation sites is 1. The zero-order valence-electron chi connectivity index (χ0n) is 17.1. The maximum Gasteiger partial charge on any atom is 0.245 e. The number of rotatable bonds is 3. The smallest absolute Gasteiger partial charge is 0.245 e. The minimum Gasteiger partial charge on any atom is -0.493 e. The predicted molar refractivity (Wildman–Crippen MR) is 112 cm³/mol. The van der Waals surface area contributed by atoms with Gasteiger partial charge in [0.05, 0.1) is 26.8 Å². The van der Waals surface area contributed by atoms with E-state index >= 15 is 0 Å². The highest BCUT2D eigenvalue weighted by Crippen LogP contribution is 2.44. The number of methoxy groups -OCH3 is 2. The van der Waals surface area contributed by atoms with Gasteiger partial charge >= 0.3 is 0 Å². The van der Waals surface area contributed by atoms with Crippen LogP contribution in [0.4, 0.5) is 0 Å². The van der Waals surface area contributed by atoms with E-state index in [4.69, 9.17) is 9.47 Å². The van der Waals surface area contributed by atoms with Gasteiger partial charge in [0, 0.05) is 30.1 Å². The van der Waals surface area contributed by atoms with Gasteiger partial charge in [-0.3, -0.25) is 9.59 Å². The molecule has 0 saturated carbocycles. The third-order valence-electron chi connectivity index (χ3n) is 6.18. The number of ether oxygens (including phenoxy) is 2. The van der Waals surface area contributed by atoms with Crippen LogP contribution in [0.3, 0.4) is 0 Å². The zero-order chi connectivity index (χ0) is 21.0. The SMILES string of the molecule is COc1ccc([C@@H]2c3[nH]c4ccccc4c3C[C@@H]3C(=O)N(C)CC(=O)N23)cc1OC. The van der Waals surface area contributed by atoms with Crippen molar-refractivity contribution in [2.24, 2.45) is 0 Å². The second kappa shape index (κ2) is 6.79. The first-order valence-corrected chi connectivity index (χ1v) is 9.91. The van der Waals surface area contributed by atoms with E-state index in [2.05, 4.69) is 11.1 Å². The van der Waals surface area contributed by atoms with Crippen molar-refractivity contribution < 1.29 is 19.1 Å². The molecule has 0 spiro atoms. The number of aromatic amines is 1. The summed E-state index contributed by atoms with van der Waals surface area (Å²) < 4.78 is 10.9. The maximum absolute atomic E-state index is 13.1. The van der Waals surface area contributed by atoms with E-state index in [-0.39, 0.29) is 18.4 Å². The molecule has 3 heterocycles. The second-order valence-electron chi connectivity index (χ2n) is 7.80. The number of likely N-dealkylation sites (N-methyl/N-ethyl adjacent to an activating group) is 1. The molecule has 7 nitrogen and oxygen atoms in total. The molecule has 0 unspecified atom stereocenters. The van der Waals surface area contributed by atoms with E-state index in [9.17, 15) is 9.59 Å². The molecule has 154 valence electrons. The zero-order valence-corrected chi connectivity index (χ0v) is 17.1. The number of amides is 2. The Labute approximate surface area is 174 Å². The number of hydrogen-bond donors (Lipinski definition) is 1. The number of hydrogen-bond acceptors (Lipinski definition) is 4. The average molecular weight is 405 g/mol. The average Bonchev–Trinajstić information content (AvgIpc) is 3.14. The molecule has 0 aliphatic carbocycles. The van der Waals surface area contributed by atoms with Gasteiger partial charge in [0.1, 0.15) is 6.04 Å². The Kier molecular flexibility index (Phi) is 4.20. The van der Waals surface area contributed by atoms with E-state index in [1.54, 1.807) is 26.2 Å². The number of piperazine rings is 1. The van der Waals surface area contributed by atoms with Gasteiger partial charge in [0.2, 0.25) is 11.8 Å². The lowest BCUT2D eigenvalue weighted by Crippen LogP contribution is -2.62. The molecule has 1 aromatic heterocycles. The lowest BCUT2D eigenvalue weighted by Gasteiger charge is -2.46. The monoisotopic (exact) mass is 405 g/mol. The van der Waals surface area contributed by atoms with Crippen molar-refractivity contribution in [3.05, 3.63) is 59.3 Å². The first-order chi connectivity index (χ1) is 14.5. The fourth-order valence-corrected chi connectivity index (χ4v) is 4.78. The molecule has 1 N–H and O–H groups in total. The van der Waals surface area contributed by atoms with Gasteiger partial charge in [-0.25, -0.2) is 0 Å². The Morgan fingerprint density at radius 3 is 2.57 bits per heavy atom. The van der Waals surface area contributed by atoms with Crippen molar-refractivity contribution >= 4 is 22.7 Å². The standard InChI is InChI=1S/C23H23N3O4/c1-25-12-20(27)26-17(23(25)28)11-15-14-6-4-5-7-16(14)24-21(15)22(26)13-8-9-18(29-2)19(10-13)30-3/h4-10,17,22,24H,11-12H2,1-3H3/t17-,22-/m1/s1. The van der Waals surface area contributed by atoms with Crippen LogP contribution in [0.25, 0.3) is 10.9 Å². The van der Waals surface area contributed by atoms with Crippen LogP contribution in [0.5, 0.6) is 11.5 Å². The first-order valence-electron chi connectivity index (χ1n) is 9.91. The number of carbonyl (C=O) groups is 2. The summed E-state index contributed by atoms with van der Waals surface area (Å²) in [6.07, 6.45) is 0.498. The minimum atomic E-state index is -0.527. The molecule has 30 heavy (non-hydrogen) atoms. The topological polar surface area (TPSA) is 74.9 Å². The van der Waals surface area contributed by atoms with Gasteiger partial charge in [0.15, 0.2) is 11.5 Å². The van der Waals surface area contributed by atoms with Gasteiger partial charge in [-0.2, -0.15) is 0 Å². The molecule has 5 rings (SSSR count). The molecule has 7 heteroatoms. The number of nitrogens with zero attached hydrogens (tertiary/aromatic N) is 2. The third kappa shape index (κ3) is 2.58. The lowest BCUT2D eigenvalue weighted by molar-refractivity contribution is -0.157. The predicted octanol–water partition coefficient (Wildman–Crippen LogP) is 2.50. The summed E-state index contributed by atoms with van der Waals surface area (Å²) in [7, 11) is 4.87. The van der Waals surface area contributed by atoms with Crippen molar-refractivity contribution in [2.75, 3.05) is 27.8 Å². The number of aromatic nitrogens is 1. The van der Waals surface area contributed by atoms with E-state index in [0.29, 0.717) is 17.9 Å². The molecule has 2 amide bonds. The van der Waals surface area contributed by atoms with Crippen molar-refractivity contribution in [1.29, 1.82) is 0 Å². The summed E-state index contributed by atoms with van der Waals surface area (Å²) >= 11 is 0. The Balaban J connectivity index is 1.75. The fourth-order valence-electron chi connectivity index (χ4n) is 4.78. The van der Waals surface area contributed by atoms with Crippen molar-refractivity contribution in [2.45, 2.75) is 18.5 Å². The molecule has 1 saturated heterocycles. The van der Waals surface area contributed by atoms with Crippen LogP contribution >= 0.6 is 0 Å². The Morgan fingerprint density at radius 1 is 1.03 bits per heavy atom. The Morgan fingerprint density at radius 2 is 1.80 bits per heavy atom. The summed E-state index contributed by atoms with van der Waals surface area (Å²) in [5, 5.41) is 1.09. The number of H-pyrrole nitrogens is 1. The summed E-state index contributed by atoms with van der Waals surface area (Å²) in [5.41, 5.74) is 3.91. The number of carbonyl (C=O) groups excluding carboxylic acids is 2. The largest absolute Gasteiger partial charge is 0.493 e. The van der Waals surface area contributed by atoms with Crippen LogP contribution < -0.4 is 9.47 Å². The highest BCUT2D eigenvalue weighted by atomic mass is 16.5. The van der Waals surface area contributed by atoms with Crippen LogP contribution in [0.2, 0.25) is 0 Å². The molecular formula is C23H23N3O4. The molecule has 2 aromatic carbocycles.